The predicted octanol–water partition coefficient (Wildman–Crippen LogP) is 7.57. The number of carbonyl (C=O) groups is 2. The number of allylic oxidation sites excluding steroid dienone is 1. The van der Waals surface area contributed by atoms with E-state index < -0.39 is 5.60 Å². The summed E-state index contributed by atoms with van der Waals surface area (Å²) in [6, 6.07) is 0. The molecule has 0 aromatic heterocycles. The molecular weight excluding hydrogens is 420 g/mol. The molecule has 3 heteroatoms. The Labute approximate surface area is 207 Å². The summed E-state index contributed by atoms with van der Waals surface area (Å²) in [5.74, 6) is 5.78. The van der Waals surface area contributed by atoms with Crippen molar-refractivity contribution in [2.45, 2.75) is 129 Å². The van der Waals surface area contributed by atoms with E-state index in [0.29, 0.717) is 42.3 Å². The number of ketones is 1. The van der Waals surface area contributed by atoms with Crippen molar-refractivity contribution >= 4 is 11.8 Å². The molecule has 0 heterocycles. The first kappa shape index (κ1) is 25.5. The molecule has 3 nitrogen and oxygen atoms in total. The summed E-state index contributed by atoms with van der Waals surface area (Å²) in [5, 5.41) is 0. The summed E-state index contributed by atoms with van der Waals surface area (Å²) in [7, 11) is 0. The van der Waals surface area contributed by atoms with Gasteiger partial charge in [0.25, 0.3) is 0 Å². The molecule has 0 bridgehead atoms. The number of hydrogen-bond donors (Lipinski definition) is 0. The van der Waals surface area contributed by atoms with Crippen molar-refractivity contribution in [3.05, 3.63) is 11.6 Å². The van der Waals surface area contributed by atoms with Crippen molar-refractivity contribution in [1.29, 1.82) is 0 Å². The van der Waals surface area contributed by atoms with Gasteiger partial charge >= 0.3 is 5.97 Å². The van der Waals surface area contributed by atoms with Crippen LogP contribution >= 0.6 is 0 Å². The average molecular weight is 467 g/mol. The minimum Gasteiger partial charge on any atom is -0.445 e. The molecule has 4 rings (SSSR count). The Balaban J connectivity index is 1.41. The van der Waals surface area contributed by atoms with Crippen LogP contribution in [-0.4, -0.2) is 17.4 Å². The minimum absolute atomic E-state index is 0.0789. The molecule has 0 spiro atoms. The van der Waals surface area contributed by atoms with Crippen molar-refractivity contribution in [2.24, 2.45) is 29.1 Å². The second-order valence-electron chi connectivity index (χ2n) is 11.7. The minimum atomic E-state index is -0.728. The molecule has 0 aromatic rings. The van der Waals surface area contributed by atoms with Crippen LogP contribution < -0.4 is 0 Å². The maximum absolute atomic E-state index is 13.0. The summed E-state index contributed by atoms with van der Waals surface area (Å²) < 4.78 is 6.33. The first-order valence-electron chi connectivity index (χ1n) is 14.4. The highest BCUT2D eigenvalue weighted by molar-refractivity contribution is 5.91. The number of fused-ring (bicyclic) bond motifs is 5. The maximum Gasteiger partial charge on any atom is 0.307 e. The molecule has 0 radical (unpaired) electrons. The lowest BCUT2D eigenvalue weighted by Crippen LogP contribution is -2.55. The molecule has 34 heavy (non-hydrogen) atoms. The van der Waals surface area contributed by atoms with Gasteiger partial charge in [-0.3, -0.25) is 9.59 Å². The van der Waals surface area contributed by atoms with Gasteiger partial charge in [0.05, 0.1) is 0 Å². The Morgan fingerprint density at radius 2 is 1.76 bits per heavy atom. The van der Waals surface area contributed by atoms with E-state index in [1.54, 1.807) is 0 Å². The molecule has 0 aliphatic heterocycles. The van der Waals surface area contributed by atoms with Gasteiger partial charge in [0.2, 0.25) is 0 Å². The summed E-state index contributed by atoms with van der Waals surface area (Å²) in [6.45, 7) is 4.50. The first-order chi connectivity index (χ1) is 16.5. The Kier molecular flexibility index (Phi) is 8.27. The molecule has 3 fully saturated rings. The number of carbonyl (C=O) groups excluding carboxylic acids is 2. The first-order valence-corrected chi connectivity index (χ1v) is 14.4. The molecule has 0 N–H and O–H groups in total. The lowest BCUT2D eigenvalue weighted by Gasteiger charge is -2.56. The molecule has 3 saturated carbocycles. The lowest BCUT2D eigenvalue weighted by molar-refractivity contribution is -0.173. The highest BCUT2D eigenvalue weighted by atomic mass is 16.6. The monoisotopic (exact) mass is 466 g/mol. The Morgan fingerprint density at radius 3 is 2.50 bits per heavy atom. The van der Waals surface area contributed by atoms with Gasteiger partial charge in [-0.25, -0.2) is 0 Å². The standard InChI is InChI=1S/C31H46O3/c1-4-7-8-9-10-11-12-13-29(33)34-31(6-3)21-19-28-27-16-14-23-22-24(32)15-17-25(23)26(27)18-20-30(28,31)5-2/h3,22,25-28H,4-5,7-21H2,1-2H3/t25-,26+,27+,28-,30-,31?/m0/s1. The zero-order chi connectivity index (χ0) is 24.2. The van der Waals surface area contributed by atoms with Gasteiger partial charge in [-0.15, -0.1) is 6.42 Å². The molecule has 4 aliphatic carbocycles. The molecule has 6 atom stereocenters. The van der Waals surface area contributed by atoms with E-state index in [1.807, 2.05) is 6.08 Å². The zero-order valence-electron chi connectivity index (χ0n) is 21.7. The van der Waals surface area contributed by atoms with E-state index >= 15 is 0 Å². The molecular formula is C31H46O3. The Hall–Kier alpha value is -1.56. The second kappa shape index (κ2) is 11.0. The van der Waals surface area contributed by atoms with E-state index in [0.717, 1.165) is 57.8 Å². The van der Waals surface area contributed by atoms with Crippen LogP contribution in [0, 0.1) is 41.4 Å². The number of esters is 1. The van der Waals surface area contributed by atoms with Crippen molar-refractivity contribution < 1.29 is 14.3 Å². The van der Waals surface area contributed by atoms with Crippen molar-refractivity contribution in [1.82, 2.24) is 0 Å². The van der Waals surface area contributed by atoms with Gasteiger partial charge in [-0.2, -0.15) is 0 Å². The quantitative estimate of drug-likeness (QED) is 0.189. The fraction of sp³-hybridized carbons (Fsp3) is 0.806. The number of unbranched alkanes of at least 4 members (excludes halogenated alkanes) is 6. The smallest absolute Gasteiger partial charge is 0.307 e. The molecule has 188 valence electrons. The van der Waals surface area contributed by atoms with Gasteiger partial charge in [0, 0.05) is 18.3 Å². The van der Waals surface area contributed by atoms with Gasteiger partial charge in [0.1, 0.15) is 0 Å². The van der Waals surface area contributed by atoms with Crippen molar-refractivity contribution in [3.63, 3.8) is 0 Å². The zero-order valence-corrected chi connectivity index (χ0v) is 21.7. The largest absolute Gasteiger partial charge is 0.445 e. The molecule has 0 saturated heterocycles. The van der Waals surface area contributed by atoms with Gasteiger partial charge in [-0.1, -0.05) is 63.9 Å². The van der Waals surface area contributed by atoms with Crippen molar-refractivity contribution in [3.8, 4) is 12.3 Å². The van der Waals surface area contributed by atoms with Crippen LogP contribution in [0.3, 0.4) is 0 Å². The number of hydrogen-bond acceptors (Lipinski definition) is 3. The third-order valence-electron chi connectivity index (χ3n) is 10.3. The topological polar surface area (TPSA) is 43.4 Å². The summed E-state index contributed by atoms with van der Waals surface area (Å²) in [5.41, 5.74) is 0.613. The highest BCUT2D eigenvalue weighted by Crippen LogP contribution is 2.67. The van der Waals surface area contributed by atoms with Crippen LogP contribution in [-0.2, 0) is 14.3 Å². The maximum atomic E-state index is 13.0. The third-order valence-corrected chi connectivity index (χ3v) is 10.3. The number of ether oxygens (including phenoxy) is 1. The van der Waals surface area contributed by atoms with E-state index in [4.69, 9.17) is 11.2 Å². The van der Waals surface area contributed by atoms with Crippen molar-refractivity contribution in [2.75, 3.05) is 0 Å². The third kappa shape index (κ3) is 4.64. The predicted molar refractivity (Wildman–Crippen MR) is 137 cm³/mol. The van der Waals surface area contributed by atoms with Crippen LogP contribution in [0.25, 0.3) is 0 Å². The van der Waals surface area contributed by atoms with Crippen LogP contribution in [0.5, 0.6) is 0 Å². The normalized spacial score (nSPS) is 36.6. The van der Waals surface area contributed by atoms with Crippen LogP contribution in [0.1, 0.15) is 123 Å². The lowest BCUT2D eigenvalue weighted by atomic mass is 9.49. The molecule has 0 amide bonds. The summed E-state index contributed by atoms with van der Waals surface area (Å²) >= 11 is 0. The highest BCUT2D eigenvalue weighted by Gasteiger charge is 2.65. The van der Waals surface area contributed by atoms with E-state index in [1.165, 1.54) is 44.1 Å². The number of rotatable bonds is 10. The van der Waals surface area contributed by atoms with Gasteiger partial charge in [0.15, 0.2) is 11.4 Å². The van der Waals surface area contributed by atoms with E-state index in [9.17, 15) is 9.59 Å². The second-order valence-corrected chi connectivity index (χ2v) is 11.7. The summed E-state index contributed by atoms with van der Waals surface area (Å²) in [6.07, 6.45) is 26.1. The van der Waals surface area contributed by atoms with E-state index in [-0.39, 0.29) is 11.4 Å². The molecule has 4 aliphatic rings. The molecule has 1 unspecified atom stereocenters. The summed E-state index contributed by atoms with van der Waals surface area (Å²) in [4.78, 5) is 25.0. The van der Waals surface area contributed by atoms with Gasteiger partial charge < -0.3 is 4.74 Å². The van der Waals surface area contributed by atoms with Crippen LogP contribution in [0.2, 0.25) is 0 Å². The Morgan fingerprint density at radius 1 is 1.00 bits per heavy atom. The fourth-order valence-corrected chi connectivity index (χ4v) is 8.59. The fourth-order valence-electron chi connectivity index (χ4n) is 8.59. The SMILES string of the molecule is C#CC1(OC(=O)CCCCCCCCC)CC[C@H]2[C@@H]3CCC4=CC(=O)CC[C@@H]4[C@H]3CC[C@@]21CC. The Bertz CT molecular complexity index is 819. The van der Waals surface area contributed by atoms with Gasteiger partial charge in [-0.05, 0) is 87.5 Å². The van der Waals surface area contributed by atoms with Crippen LogP contribution in [0.15, 0.2) is 11.6 Å². The average Bonchev–Trinajstić information content (AvgIpc) is 3.17. The molecule has 0 aromatic carbocycles. The van der Waals surface area contributed by atoms with E-state index in [2.05, 4.69) is 19.8 Å². The number of terminal acetylenes is 1. The van der Waals surface area contributed by atoms with Crippen LogP contribution in [0.4, 0.5) is 0 Å².